The molecule has 2 N–H and O–H groups in total. The summed E-state index contributed by atoms with van der Waals surface area (Å²) < 4.78 is 5.76. The Hall–Kier alpha value is -2.40. The smallest absolute Gasteiger partial charge is 0.191 e. The minimum absolute atomic E-state index is 0.442. The molecule has 0 fully saturated rings. The molecule has 0 spiro atoms. The quantitative estimate of drug-likeness (QED) is 0.346. The van der Waals surface area contributed by atoms with E-state index in [9.17, 15) is 0 Å². The molecular weight excluding hydrogens is 306 g/mol. The number of benzene rings is 2. The highest BCUT2D eigenvalue weighted by Crippen LogP contribution is 2.16. The highest BCUT2D eigenvalue weighted by molar-refractivity contribution is 7.80. The minimum atomic E-state index is 0.442. The summed E-state index contributed by atoms with van der Waals surface area (Å²) in [4.78, 5) is 0. The summed E-state index contributed by atoms with van der Waals surface area (Å²) in [6.45, 7) is 2.85. The van der Waals surface area contributed by atoms with Gasteiger partial charge in [-0.05, 0) is 42.9 Å². The Labute approximate surface area is 142 Å². The molecule has 0 heterocycles. The molecule has 23 heavy (non-hydrogen) atoms. The molecule has 0 aliphatic carbocycles. The van der Waals surface area contributed by atoms with E-state index in [0.717, 1.165) is 29.8 Å². The molecule has 0 atom stereocenters. The van der Waals surface area contributed by atoms with Crippen LogP contribution < -0.4 is 15.5 Å². The fourth-order valence-electron chi connectivity index (χ4n) is 1.89. The van der Waals surface area contributed by atoms with Crippen LogP contribution in [0, 0.1) is 0 Å². The van der Waals surface area contributed by atoms with Gasteiger partial charge in [-0.15, -0.1) is 0 Å². The number of unbranched alkanes of at least 4 members (excludes halogenated alkanes) is 1. The summed E-state index contributed by atoms with van der Waals surface area (Å²) in [5.41, 5.74) is 4.64. The topological polar surface area (TPSA) is 45.6 Å². The average Bonchev–Trinajstić information content (AvgIpc) is 2.57. The van der Waals surface area contributed by atoms with E-state index in [4.69, 9.17) is 17.0 Å². The Morgan fingerprint density at radius 3 is 2.65 bits per heavy atom. The normalized spacial score (nSPS) is 10.5. The molecule has 2 aromatic carbocycles. The fraction of sp³-hybridized carbons (Fsp3) is 0.222. The largest absolute Gasteiger partial charge is 0.493 e. The lowest BCUT2D eigenvalue weighted by Crippen LogP contribution is -2.23. The standard InChI is InChI=1S/C18H21N3OS/c1-2-3-13-22-17-12-8-7-9-15(17)14-19-21-18(23)20-16-10-5-4-6-11-16/h4-12,14H,2-3,13H2,1H3,(H2,20,21,23). The van der Waals surface area contributed by atoms with Crippen molar-refractivity contribution in [1.82, 2.24) is 5.43 Å². The summed E-state index contributed by atoms with van der Waals surface area (Å²) >= 11 is 5.20. The minimum Gasteiger partial charge on any atom is -0.493 e. The van der Waals surface area contributed by atoms with Crippen molar-refractivity contribution in [3.8, 4) is 5.75 Å². The van der Waals surface area contributed by atoms with Crippen molar-refractivity contribution in [3.63, 3.8) is 0 Å². The molecule has 4 nitrogen and oxygen atoms in total. The van der Waals surface area contributed by atoms with E-state index in [1.165, 1.54) is 0 Å². The number of nitrogens with zero attached hydrogens (tertiary/aromatic N) is 1. The molecule has 120 valence electrons. The van der Waals surface area contributed by atoms with Gasteiger partial charge in [0.15, 0.2) is 5.11 Å². The molecular formula is C18H21N3OS. The van der Waals surface area contributed by atoms with Gasteiger partial charge in [0.05, 0.1) is 12.8 Å². The van der Waals surface area contributed by atoms with Crippen LogP contribution in [0.5, 0.6) is 5.75 Å². The third-order valence-corrected chi connectivity index (χ3v) is 3.27. The number of rotatable bonds is 7. The number of hydrazone groups is 1. The molecule has 0 aliphatic heterocycles. The van der Waals surface area contributed by atoms with Crippen LogP contribution in [0.25, 0.3) is 0 Å². The van der Waals surface area contributed by atoms with E-state index < -0.39 is 0 Å². The number of nitrogens with one attached hydrogen (secondary N) is 2. The first-order valence-electron chi connectivity index (χ1n) is 7.66. The second-order valence-electron chi connectivity index (χ2n) is 4.93. The van der Waals surface area contributed by atoms with Gasteiger partial charge in [0.25, 0.3) is 0 Å². The predicted molar refractivity (Wildman–Crippen MR) is 100 cm³/mol. The summed E-state index contributed by atoms with van der Waals surface area (Å²) in [5, 5.41) is 7.67. The molecule has 0 radical (unpaired) electrons. The Bertz CT molecular complexity index is 644. The number of hydrogen-bond acceptors (Lipinski definition) is 3. The van der Waals surface area contributed by atoms with Gasteiger partial charge in [0, 0.05) is 11.3 Å². The van der Waals surface area contributed by atoms with Crippen molar-refractivity contribution in [2.45, 2.75) is 19.8 Å². The van der Waals surface area contributed by atoms with Crippen molar-refractivity contribution in [2.75, 3.05) is 11.9 Å². The van der Waals surface area contributed by atoms with Crippen molar-refractivity contribution in [3.05, 3.63) is 60.2 Å². The van der Waals surface area contributed by atoms with Crippen LogP contribution in [-0.2, 0) is 0 Å². The Balaban J connectivity index is 1.88. The number of para-hydroxylation sites is 2. The van der Waals surface area contributed by atoms with Crippen LogP contribution >= 0.6 is 12.2 Å². The van der Waals surface area contributed by atoms with E-state index in [1.54, 1.807) is 6.21 Å². The van der Waals surface area contributed by atoms with E-state index in [-0.39, 0.29) is 0 Å². The maximum Gasteiger partial charge on any atom is 0.191 e. The third-order valence-electron chi connectivity index (χ3n) is 3.08. The van der Waals surface area contributed by atoms with Gasteiger partial charge in [-0.2, -0.15) is 5.10 Å². The highest BCUT2D eigenvalue weighted by atomic mass is 32.1. The van der Waals surface area contributed by atoms with Crippen LogP contribution in [-0.4, -0.2) is 17.9 Å². The van der Waals surface area contributed by atoms with Crippen molar-refractivity contribution < 1.29 is 4.74 Å². The fourth-order valence-corrected chi connectivity index (χ4v) is 2.06. The lowest BCUT2D eigenvalue weighted by molar-refractivity contribution is 0.309. The molecule has 0 amide bonds. The first kappa shape index (κ1) is 17.0. The lowest BCUT2D eigenvalue weighted by atomic mass is 10.2. The van der Waals surface area contributed by atoms with Gasteiger partial charge in [-0.25, -0.2) is 0 Å². The van der Waals surface area contributed by atoms with Gasteiger partial charge < -0.3 is 10.1 Å². The summed E-state index contributed by atoms with van der Waals surface area (Å²) in [7, 11) is 0. The van der Waals surface area contributed by atoms with Gasteiger partial charge in [0.2, 0.25) is 0 Å². The molecule has 2 rings (SSSR count). The first-order chi connectivity index (χ1) is 11.3. The molecule has 0 saturated heterocycles. The number of thiocarbonyl (C=S) groups is 1. The Morgan fingerprint density at radius 1 is 1.13 bits per heavy atom. The van der Waals surface area contributed by atoms with Crippen LogP contribution in [0.15, 0.2) is 59.7 Å². The van der Waals surface area contributed by atoms with Gasteiger partial charge in [-0.1, -0.05) is 43.7 Å². The van der Waals surface area contributed by atoms with Crippen LogP contribution in [0.3, 0.4) is 0 Å². The van der Waals surface area contributed by atoms with Gasteiger partial charge >= 0.3 is 0 Å². The number of anilines is 1. The van der Waals surface area contributed by atoms with Crippen LogP contribution in [0.4, 0.5) is 5.69 Å². The first-order valence-corrected chi connectivity index (χ1v) is 8.07. The van der Waals surface area contributed by atoms with Gasteiger partial charge in [0.1, 0.15) is 5.75 Å². The van der Waals surface area contributed by atoms with E-state index in [1.807, 2.05) is 54.6 Å². The van der Waals surface area contributed by atoms with Crippen molar-refractivity contribution in [1.29, 1.82) is 0 Å². The highest BCUT2D eigenvalue weighted by Gasteiger charge is 2.00. The third kappa shape index (κ3) is 6.08. The summed E-state index contributed by atoms with van der Waals surface area (Å²) in [6, 6.07) is 17.5. The second kappa shape index (κ2) is 9.58. The van der Waals surface area contributed by atoms with E-state index >= 15 is 0 Å². The molecule has 0 aliphatic rings. The maximum absolute atomic E-state index is 5.76. The predicted octanol–water partition coefficient (Wildman–Crippen LogP) is 4.19. The molecule has 2 aromatic rings. The summed E-state index contributed by atoms with van der Waals surface area (Å²) in [5.74, 6) is 0.827. The zero-order chi connectivity index (χ0) is 16.3. The zero-order valence-electron chi connectivity index (χ0n) is 13.2. The van der Waals surface area contributed by atoms with Gasteiger partial charge in [-0.3, -0.25) is 5.43 Å². The molecule has 0 bridgehead atoms. The van der Waals surface area contributed by atoms with E-state index in [2.05, 4.69) is 22.8 Å². The van der Waals surface area contributed by atoms with Crippen molar-refractivity contribution >= 4 is 29.2 Å². The maximum atomic E-state index is 5.76. The summed E-state index contributed by atoms with van der Waals surface area (Å²) in [6.07, 6.45) is 3.85. The molecule has 0 aromatic heterocycles. The Morgan fingerprint density at radius 2 is 1.87 bits per heavy atom. The monoisotopic (exact) mass is 327 g/mol. The Kier molecular flexibility index (Phi) is 7.07. The second-order valence-corrected chi connectivity index (χ2v) is 5.34. The molecule has 5 heteroatoms. The van der Waals surface area contributed by atoms with Crippen molar-refractivity contribution in [2.24, 2.45) is 5.10 Å². The average molecular weight is 327 g/mol. The van der Waals surface area contributed by atoms with Crippen LogP contribution in [0.2, 0.25) is 0 Å². The van der Waals surface area contributed by atoms with Crippen LogP contribution in [0.1, 0.15) is 25.3 Å². The lowest BCUT2D eigenvalue weighted by Gasteiger charge is -2.09. The number of hydrogen-bond donors (Lipinski definition) is 2. The zero-order valence-corrected chi connectivity index (χ0v) is 14.0. The SMILES string of the molecule is CCCCOc1ccccc1C=NNC(=S)Nc1ccccc1. The molecule has 0 unspecified atom stereocenters. The number of ether oxygens (including phenoxy) is 1. The molecule has 0 saturated carbocycles. The van der Waals surface area contributed by atoms with E-state index in [0.29, 0.717) is 11.7 Å².